The van der Waals surface area contributed by atoms with E-state index in [4.69, 9.17) is 23.2 Å². The minimum Gasteiger partial charge on any atom is -0.355 e. The van der Waals surface area contributed by atoms with Crippen LogP contribution < -0.4 is 10.6 Å². The fraction of sp³-hybridized carbons (Fsp3) is 0.500. The Balaban J connectivity index is 0.00000400. The minimum absolute atomic E-state index is 0. The standard InChI is InChI=1S/C14H22Cl2N4.HI/c1-4-20(3)8-7-18-14(17-2)19-10-11-5-6-12(15)9-13(11)16;/h5-6,9H,4,7-8,10H2,1-3H3,(H2,17,18,19);1H. The first-order valence-corrected chi connectivity index (χ1v) is 7.39. The maximum atomic E-state index is 6.13. The molecule has 2 N–H and O–H groups in total. The van der Waals surface area contributed by atoms with Crippen molar-refractivity contribution in [3.63, 3.8) is 0 Å². The summed E-state index contributed by atoms with van der Waals surface area (Å²) in [7, 11) is 3.84. The van der Waals surface area contributed by atoms with Crippen LogP contribution in [0.4, 0.5) is 0 Å². The van der Waals surface area contributed by atoms with Gasteiger partial charge in [-0.15, -0.1) is 24.0 Å². The van der Waals surface area contributed by atoms with E-state index in [0.29, 0.717) is 16.6 Å². The van der Waals surface area contributed by atoms with Gasteiger partial charge in [0.15, 0.2) is 5.96 Å². The second-order valence-electron chi connectivity index (χ2n) is 4.48. The van der Waals surface area contributed by atoms with Gasteiger partial charge in [-0.1, -0.05) is 36.2 Å². The molecule has 1 aromatic rings. The summed E-state index contributed by atoms with van der Waals surface area (Å²) in [6, 6.07) is 5.49. The van der Waals surface area contributed by atoms with Gasteiger partial charge >= 0.3 is 0 Å². The highest BCUT2D eigenvalue weighted by molar-refractivity contribution is 14.0. The molecule has 0 unspecified atom stereocenters. The summed E-state index contributed by atoms with van der Waals surface area (Å²) in [5, 5.41) is 7.80. The number of aliphatic imine (C=N–C) groups is 1. The highest BCUT2D eigenvalue weighted by Crippen LogP contribution is 2.20. The van der Waals surface area contributed by atoms with E-state index in [0.717, 1.165) is 31.2 Å². The highest BCUT2D eigenvalue weighted by Gasteiger charge is 2.03. The van der Waals surface area contributed by atoms with E-state index in [1.165, 1.54) is 0 Å². The SMILES string of the molecule is CCN(C)CCNC(=NC)NCc1ccc(Cl)cc1Cl.I. The first kappa shape index (κ1) is 20.8. The Morgan fingerprint density at radius 1 is 1.29 bits per heavy atom. The largest absolute Gasteiger partial charge is 0.355 e. The van der Waals surface area contributed by atoms with Crippen molar-refractivity contribution >= 4 is 53.1 Å². The lowest BCUT2D eigenvalue weighted by Crippen LogP contribution is -2.40. The van der Waals surface area contributed by atoms with Gasteiger partial charge in [0.05, 0.1) is 0 Å². The first-order valence-electron chi connectivity index (χ1n) is 6.63. The van der Waals surface area contributed by atoms with Crippen LogP contribution >= 0.6 is 47.2 Å². The molecule has 1 rings (SSSR count). The van der Waals surface area contributed by atoms with E-state index in [1.807, 2.05) is 12.1 Å². The summed E-state index contributed by atoms with van der Waals surface area (Å²) >= 11 is 12.0. The lowest BCUT2D eigenvalue weighted by Gasteiger charge is -2.16. The van der Waals surface area contributed by atoms with E-state index in [9.17, 15) is 0 Å². The third-order valence-corrected chi connectivity index (χ3v) is 3.60. The third-order valence-electron chi connectivity index (χ3n) is 3.01. The second-order valence-corrected chi connectivity index (χ2v) is 5.33. The summed E-state index contributed by atoms with van der Waals surface area (Å²) in [6.07, 6.45) is 0. The predicted octanol–water partition coefficient (Wildman–Crippen LogP) is 3.23. The molecule has 21 heavy (non-hydrogen) atoms. The van der Waals surface area contributed by atoms with Crippen molar-refractivity contribution < 1.29 is 0 Å². The molecule has 0 radical (unpaired) electrons. The molecule has 0 atom stereocenters. The van der Waals surface area contributed by atoms with Crippen molar-refractivity contribution in [1.82, 2.24) is 15.5 Å². The first-order chi connectivity index (χ1) is 9.56. The number of halogens is 3. The topological polar surface area (TPSA) is 39.7 Å². The zero-order valence-corrected chi connectivity index (χ0v) is 16.5. The minimum atomic E-state index is 0. The Labute approximate surface area is 154 Å². The highest BCUT2D eigenvalue weighted by atomic mass is 127. The van der Waals surface area contributed by atoms with Crippen LogP contribution in [0, 0.1) is 0 Å². The predicted molar refractivity (Wildman–Crippen MR) is 103 cm³/mol. The molecular weight excluding hydrogens is 422 g/mol. The van der Waals surface area contributed by atoms with Gasteiger partial charge in [0, 0.05) is 36.7 Å². The molecule has 4 nitrogen and oxygen atoms in total. The molecule has 0 amide bonds. The van der Waals surface area contributed by atoms with Crippen LogP contribution in [0.15, 0.2) is 23.2 Å². The van der Waals surface area contributed by atoms with Gasteiger partial charge in [0.2, 0.25) is 0 Å². The molecule has 0 aliphatic carbocycles. The maximum absolute atomic E-state index is 6.13. The van der Waals surface area contributed by atoms with Crippen LogP contribution in [0.25, 0.3) is 0 Å². The number of nitrogens with zero attached hydrogens (tertiary/aromatic N) is 2. The van der Waals surface area contributed by atoms with Crippen LogP contribution in [0.1, 0.15) is 12.5 Å². The molecule has 7 heteroatoms. The molecule has 0 saturated carbocycles. The molecule has 0 aliphatic rings. The average Bonchev–Trinajstić information content (AvgIpc) is 2.43. The molecule has 0 heterocycles. The number of rotatable bonds is 6. The van der Waals surface area contributed by atoms with E-state index in [-0.39, 0.29) is 24.0 Å². The number of guanidine groups is 1. The third kappa shape index (κ3) is 8.09. The van der Waals surface area contributed by atoms with Crippen molar-refractivity contribution in [2.45, 2.75) is 13.5 Å². The second kappa shape index (κ2) is 11.3. The quantitative estimate of drug-likeness (QED) is 0.402. The van der Waals surface area contributed by atoms with Gasteiger partial charge in [-0.05, 0) is 31.3 Å². The Hall–Kier alpha value is -0.240. The summed E-state index contributed by atoms with van der Waals surface area (Å²) in [5.74, 6) is 0.764. The molecule has 0 saturated heterocycles. The average molecular weight is 445 g/mol. The summed E-state index contributed by atoms with van der Waals surface area (Å²) < 4.78 is 0. The number of nitrogens with one attached hydrogen (secondary N) is 2. The Bertz CT molecular complexity index is 455. The Morgan fingerprint density at radius 2 is 2.00 bits per heavy atom. The Kier molecular flexibility index (Phi) is 11.2. The lowest BCUT2D eigenvalue weighted by molar-refractivity contribution is 0.357. The van der Waals surface area contributed by atoms with E-state index in [2.05, 4.69) is 34.5 Å². The molecule has 1 aromatic carbocycles. The molecule has 0 spiro atoms. The molecule has 0 bridgehead atoms. The fourth-order valence-corrected chi connectivity index (χ4v) is 2.06. The lowest BCUT2D eigenvalue weighted by atomic mass is 10.2. The number of hydrogen-bond donors (Lipinski definition) is 2. The molecule has 120 valence electrons. The maximum Gasteiger partial charge on any atom is 0.191 e. The smallest absolute Gasteiger partial charge is 0.191 e. The van der Waals surface area contributed by atoms with Crippen LogP contribution in [0.3, 0.4) is 0 Å². The van der Waals surface area contributed by atoms with Gasteiger partial charge in [0.1, 0.15) is 0 Å². The van der Waals surface area contributed by atoms with Crippen molar-refractivity contribution in [2.24, 2.45) is 4.99 Å². The molecule has 0 aliphatic heterocycles. The molecule has 0 aromatic heterocycles. The number of likely N-dealkylation sites (N-methyl/N-ethyl adjacent to an activating group) is 1. The van der Waals surface area contributed by atoms with Crippen molar-refractivity contribution in [3.05, 3.63) is 33.8 Å². The summed E-state index contributed by atoms with van der Waals surface area (Å²) in [6.45, 7) is 5.60. The monoisotopic (exact) mass is 444 g/mol. The Morgan fingerprint density at radius 3 is 2.57 bits per heavy atom. The zero-order valence-electron chi connectivity index (χ0n) is 12.6. The number of hydrogen-bond acceptors (Lipinski definition) is 2. The van der Waals surface area contributed by atoms with E-state index in [1.54, 1.807) is 13.1 Å². The summed E-state index contributed by atoms with van der Waals surface area (Å²) in [5.41, 5.74) is 0.990. The van der Waals surface area contributed by atoms with Crippen molar-refractivity contribution in [1.29, 1.82) is 0 Å². The number of benzene rings is 1. The van der Waals surface area contributed by atoms with E-state index < -0.39 is 0 Å². The molecular formula is C14H23Cl2IN4. The van der Waals surface area contributed by atoms with Gasteiger partial charge in [-0.2, -0.15) is 0 Å². The van der Waals surface area contributed by atoms with Crippen LogP contribution in [-0.4, -0.2) is 44.6 Å². The fourth-order valence-electron chi connectivity index (χ4n) is 1.59. The van der Waals surface area contributed by atoms with Crippen LogP contribution in [-0.2, 0) is 6.54 Å². The van der Waals surface area contributed by atoms with Gasteiger partial charge in [-0.3, -0.25) is 4.99 Å². The molecule has 0 fully saturated rings. The van der Waals surface area contributed by atoms with Crippen LogP contribution in [0.5, 0.6) is 0 Å². The van der Waals surface area contributed by atoms with Gasteiger partial charge in [0.25, 0.3) is 0 Å². The van der Waals surface area contributed by atoms with Crippen molar-refractivity contribution in [3.8, 4) is 0 Å². The van der Waals surface area contributed by atoms with Crippen molar-refractivity contribution in [2.75, 3.05) is 33.7 Å². The zero-order chi connectivity index (χ0) is 15.0. The van der Waals surface area contributed by atoms with Crippen LogP contribution in [0.2, 0.25) is 10.0 Å². The summed E-state index contributed by atoms with van der Waals surface area (Å²) in [4.78, 5) is 6.41. The van der Waals surface area contributed by atoms with Gasteiger partial charge < -0.3 is 15.5 Å². The van der Waals surface area contributed by atoms with Gasteiger partial charge in [-0.25, -0.2) is 0 Å². The van der Waals surface area contributed by atoms with E-state index >= 15 is 0 Å². The normalized spacial score (nSPS) is 11.2.